The van der Waals surface area contributed by atoms with Gasteiger partial charge in [-0.3, -0.25) is 4.68 Å². The second-order valence-corrected chi connectivity index (χ2v) is 6.58. The van der Waals surface area contributed by atoms with Crippen molar-refractivity contribution in [2.75, 3.05) is 0 Å². The summed E-state index contributed by atoms with van der Waals surface area (Å²) in [5.74, 6) is 0.686. The molecular weight excluding hydrogens is 320 g/mol. The Morgan fingerprint density at radius 1 is 1.26 bits per heavy atom. The Balaban J connectivity index is 1.83. The van der Waals surface area contributed by atoms with Crippen LogP contribution in [0.15, 0.2) is 34.8 Å². The number of nitrogens with zero attached hydrogens (tertiary/aromatic N) is 1. The van der Waals surface area contributed by atoms with Crippen molar-refractivity contribution in [2.45, 2.75) is 38.1 Å². The summed E-state index contributed by atoms with van der Waals surface area (Å²) in [6.07, 6.45) is 5.29. The van der Waals surface area contributed by atoms with E-state index in [4.69, 9.17) is 12.2 Å². The first kappa shape index (κ1) is 13.1. The van der Waals surface area contributed by atoms with Crippen LogP contribution in [-0.2, 0) is 6.54 Å². The number of nitrogens with one attached hydrogen (secondary N) is 1. The number of rotatable bonds is 3. The zero-order valence-corrected chi connectivity index (χ0v) is 13.1. The fourth-order valence-electron chi connectivity index (χ4n) is 2.84. The van der Waals surface area contributed by atoms with E-state index in [0.717, 1.165) is 15.7 Å². The van der Waals surface area contributed by atoms with Gasteiger partial charge in [0, 0.05) is 16.1 Å². The molecule has 0 radical (unpaired) electrons. The molecule has 3 rings (SSSR count). The lowest BCUT2D eigenvalue weighted by atomic mass is 10.1. The highest BCUT2D eigenvalue weighted by atomic mass is 79.9. The van der Waals surface area contributed by atoms with E-state index in [-0.39, 0.29) is 0 Å². The van der Waals surface area contributed by atoms with Crippen LogP contribution < -0.4 is 0 Å². The molecule has 1 aliphatic rings. The van der Waals surface area contributed by atoms with Gasteiger partial charge in [0.25, 0.3) is 0 Å². The van der Waals surface area contributed by atoms with E-state index >= 15 is 0 Å². The van der Waals surface area contributed by atoms with Gasteiger partial charge in [-0.15, -0.1) is 0 Å². The molecular formula is C15H17BrN2S. The summed E-state index contributed by atoms with van der Waals surface area (Å²) in [7, 11) is 0. The van der Waals surface area contributed by atoms with Crippen molar-refractivity contribution in [3.8, 4) is 0 Å². The molecule has 100 valence electrons. The Bertz CT molecular complexity index is 623. The summed E-state index contributed by atoms with van der Waals surface area (Å²) in [4.78, 5) is 0. The third kappa shape index (κ3) is 3.00. The molecule has 1 aromatic carbocycles. The molecule has 0 aliphatic heterocycles. The number of benzene rings is 1. The van der Waals surface area contributed by atoms with Crippen molar-refractivity contribution in [3.63, 3.8) is 0 Å². The van der Waals surface area contributed by atoms with Gasteiger partial charge in [0.1, 0.15) is 4.64 Å². The second kappa shape index (κ2) is 5.63. The highest BCUT2D eigenvalue weighted by Crippen LogP contribution is 2.33. The van der Waals surface area contributed by atoms with Crippen molar-refractivity contribution in [2.24, 2.45) is 0 Å². The second-order valence-electron chi connectivity index (χ2n) is 5.25. The minimum Gasteiger partial charge on any atom is -0.301 e. The van der Waals surface area contributed by atoms with Crippen LogP contribution >= 0.6 is 28.1 Å². The Morgan fingerprint density at radius 3 is 2.79 bits per heavy atom. The molecule has 1 aromatic heterocycles. The van der Waals surface area contributed by atoms with E-state index in [9.17, 15) is 0 Å². The van der Waals surface area contributed by atoms with Gasteiger partial charge in [-0.05, 0) is 36.6 Å². The average molecular weight is 337 g/mol. The smallest absolute Gasteiger partial charge is 0.122 e. The molecule has 2 nitrogen and oxygen atoms in total. The van der Waals surface area contributed by atoms with Crippen LogP contribution in [-0.4, -0.2) is 9.78 Å². The summed E-state index contributed by atoms with van der Waals surface area (Å²) in [6, 6.07) is 10.5. The van der Waals surface area contributed by atoms with E-state index in [1.165, 1.54) is 36.9 Å². The van der Waals surface area contributed by atoms with Crippen LogP contribution in [0.2, 0.25) is 0 Å². The summed E-state index contributed by atoms with van der Waals surface area (Å²) in [6.45, 7) is 0.811. The van der Waals surface area contributed by atoms with Crippen LogP contribution in [0.4, 0.5) is 0 Å². The Labute approximate surface area is 127 Å². The molecule has 0 unspecified atom stereocenters. The molecule has 1 saturated carbocycles. The standard InChI is InChI=1S/C15H17BrN2S/c16-13-7-3-4-11(8-13)10-18-15(19)9-14(17-18)12-5-1-2-6-12/h3-4,7-9,12,17H,1-2,5-6,10H2. The molecule has 0 amide bonds. The fraction of sp³-hybridized carbons (Fsp3) is 0.400. The third-order valence-electron chi connectivity index (χ3n) is 3.83. The first-order valence-electron chi connectivity index (χ1n) is 6.76. The maximum atomic E-state index is 5.46. The van der Waals surface area contributed by atoms with Gasteiger partial charge in [-0.1, -0.05) is 53.1 Å². The lowest BCUT2D eigenvalue weighted by molar-refractivity contribution is 0.625. The summed E-state index contributed by atoms with van der Waals surface area (Å²) >= 11 is 8.97. The van der Waals surface area contributed by atoms with Gasteiger partial charge in [0.05, 0.1) is 6.54 Å². The van der Waals surface area contributed by atoms with E-state index in [0.29, 0.717) is 5.92 Å². The molecule has 0 saturated heterocycles. The van der Waals surface area contributed by atoms with Gasteiger partial charge in [0.2, 0.25) is 0 Å². The SMILES string of the molecule is S=c1cc(C2CCCC2)[nH]n1Cc1cccc(Br)c1. The predicted molar refractivity (Wildman–Crippen MR) is 84.1 cm³/mol. The fourth-order valence-corrected chi connectivity index (χ4v) is 3.52. The Hall–Kier alpha value is -0.870. The molecule has 0 bridgehead atoms. The molecule has 1 aliphatic carbocycles. The number of H-pyrrole nitrogens is 1. The molecule has 1 heterocycles. The molecule has 2 aromatic rings. The average Bonchev–Trinajstić information content (AvgIpc) is 3.00. The van der Waals surface area contributed by atoms with E-state index in [1.54, 1.807) is 0 Å². The summed E-state index contributed by atoms with van der Waals surface area (Å²) < 4.78 is 4.09. The number of aromatic nitrogens is 2. The normalized spacial score (nSPS) is 16.1. The molecule has 0 atom stereocenters. The minimum absolute atomic E-state index is 0.686. The van der Waals surface area contributed by atoms with Crippen molar-refractivity contribution < 1.29 is 0 Å². The van der Waals surface area contributed by atoms with Crippen LogP contribution in [0.25, 0.3) is 0 Å². The van der Waals surface area contributed by atoms with Crippen molar-refractivity contribution in [1.82, 2.24) is 9.78 Å². The van der Waals surface area contributed by atoms with Crippen molar-refractivity contribution in [3.05, 3.63) is 50.7 Å². The number of halogens is 1. The predicted octanol–water partition coefficient (Wildman–Crippen LogP) is 5.01. The zero-order valence-electron chi connectivity index (χ0n) is 10.7. The third-order valence-corrected chi connectivity index (χ3v) is 4.67. The lowest BCUT2D eigenvalue weighted by Crippen LogP contribution is -2.03. The maximum absolute atomic E-state index is 5.46. The highest BCUT2D eigenvalue weighted by Gasteiger charge is 2.18. The number of hydrogen-bond donors (Lipinski definition) is 1. The monoisotopic (exact) mass is 336 g/mol. The first-order chi connectivity index (χ1) is 9.22. The van der Waals surface area contributed by atoms with Crippen LogP contribution in [0, 0.1) is 4.64 Å². The molecule has 1 fully saturated rings. The minimum atomic E-state index is 0.686. The summed E-state index contributed by atoms with van der Waals surface area (Å²) in [5, 5.41) is 3.49. The van der Waals surface area contributed by atoms with Crippen molar-refractivity contribution in [1.29, 1.82) is 0 Å². The van der Waals surface area contributed by atoms with Crippen molar-refractivity contribution >= 4 is 28.1 Å². The van der Waals surface area contributed by atoms with Crippen LogP contribution in [0.5, 0.6) is 0 Å². The van der Waals surface area contributed by atoms with Crippen LogP contribution in [0.1, 0.15) is 42.9 Å². The molecule has 19 heavy (non-hydrogen) atoms. The Morgan fingerprint density at radius 2 is 2.05 bits per heavy atom. The maximum Gasteiger partial charge on any atom is 0.122 e. The molecule has 0 spiro atoms. The van der Waals surface area contributed by atoms with Gasteiger partial charge in [0.15, 0.2) is 0 Å². The largest absolute Gasteiger partial charge is 0.301 e. The van der Waals surface area contributed by atoms with Gasteiger partial charge >= 0.3 is 0 Å². The molecule has 1 N–H and O–H groups in total. The number of hydrogen-bond acceptors (Lipinski definition) is 1. The number of aromatic amines is 1. The van der Waals surface area contributed by atoms with Gasteiger partial charge in [-0.25, -0.2) is 0 Å². The summed E-state index contributed by atoms with van der Waals surface area (Å²) in [5.41, 5.74) is 2.57. The van der Waals surface area contributed by atoms with Crippen LogP contribution in [0.3, 0.4) is 0 Å². The lowest BCUT2D eigenvalue weighted by Gasteiger charge is -2.07. The topological polar surface area (TPSA) is 20.7 Å². The first-order valence-corrected chi connectivity index (χ1v) is 7.97. The Kier molecular flexibility index (Phi) is 3.89. The van der Waals surface area contributed by atoms with E-state index in [2.05, 4.69) is 50.0 Å². The van der Waals surface area contributed by atoms with E-state index in [1.807, 2.05) is 6.07 Å². The van der Waals surface area contributed by atoms with E-state index < -0.39 is 0 Å². The molecule has 4 heteroatoms. The zero-order chi connectivity index (χ0) is 13.2. The highest BCUT2D eigenvalue weighted by molar-refractivity contribution is 9.10. The quantitative estimate of drug-likeness (QED) is 0.781. The van der Waals surface area contributed by atoms with Gasteiger partial charge in [-0.2, -0.15) is 0 Å². The van der Waals surface area contributed by atoms with Gasteiger partial charge < -0.3 is 5.10 Å².